The number of ketones is 1. The molecule has 0 N–H and O–H groups in total. The summed E-state index contributed by atoms with van der Waals surface area (Å²) in [7, 11) is 0. The first-order valence-corrected chi connectivity index (χ1v) is 6.89. The molecular weight excluding hydrogens is 212 g/mol. The van der Waals surface area contributed by atoms with Crippen LogP contribution in [0.3, 0.4) is 0 Å². The molecule has 0 radical (unpaired) electrons. The Morgan fingerprint density at radius 1 is 1.12 bits per heavy atom. The molecular formula is C15H16O2. The Kier molecular flexibility index (Phi) is 1.47. The molecule has 0 aromatic heterocycles. The Morgan fingerprint density at radius 2 is 2.06 bits per heavy atom. The Hall–Kier alpha value is -0.890. The lowest BCUT2D eigenvalue weighted by molar-refractivity contribution is -0.128. The lowest BCUT2D eigenvalue weighted by Gasteiger charge is -2.34. The second-order valence-corrected chi connectivity index (χ2v) is 6.41. The van der Waals surface area contributed by atoms with E-state index in [4.69, 9.17) is 4.74 Å². The molecule has 88 valence electrons. The molecule has 0 unspecified atom stereocenters. The maximum atomic E-state index is 11.9. The van der Waals surface area contributed by atoms with Crippen molar-refractivity contribution in [3.8, 4) is 0 Å². The highest BCUT2D eigenvalue weighted by molar-refractivity contribution is 5.95. The van der Waals surface area contributed by atoms with E-state index in [1.54, 1.807) is 6.08 Å². The highest BCUT2D eigenvalue weighted by atomic mass is 16.5. The molecule has 3 aliphatic carbocycles. The second-order valence-electron chi connectivity index (χ2n) is 6.41. The van der Waals surface area contributed by atoms with Gasteiger partial charge in [-0.25, -0.2) is 0 Å². The van der Waals surface area contributed by atoms with Crippen LogP contribution >= 0.6 is 0 Å². The summed E-state index contributed by atoms with van der Waals surface area (Å²) in [5.41, 5.74) is 0. The summed E-state index contributed by atoms with van der Waals surface area (Å²) in [5.74, 6) is 4.57. The van der Waals surface area contributed by atoms with E-state index in [1.165, 1.54) is 12.8 Å². The van der Waals surface area contributed by atoms with Crippen LogP contribution in [0, 0.1) is 35.5 Å². The average molecular weight is 228 g/mol. The Morgan fingerprint density at radius 3 is 3.00 bits per heavy atom. The minimum atomic E-state index is -0.0973. The van der Waals surface area contributed by atoms with Gasteiger partial charge in [-0.3, -0.25) is 4.79 Å². The number of allylic oxidation sites excluding steroid dienone is 2. The van der Waals surface area contributed by atoms with Crippen LogP contribution in [0.2, 0.25) is 0 Å². The molecule has 0 amide bonds. The van der Waals surface area contributed by atoms with Crippen molar-refractivity contribution in [2.45, 2.75) is 25.0 Å². The van der Waals surface area contributed by atoms with Gasteiger partial charge in [0.15, 0.2) is 5.78 Å². The van der Waals surface area contributed by atoms with Gasteiger partial charge in [-0.1, -0.05) is 18.2 Å². The van der Waals surface area contributed by atoms with Crippen molar-refractivity contribution in [2.75, 3.05) is 0 Å². The van der Waals surface area contributed by atoms with Crippen LogP contribution < -0.4 is 0 Å². The number of carbonyl (C=O) groups excluding carboxylic acids is 1. The fourth-order valence-electron chi connectivity index (χ4n) is 5.64. The van der Waals surface area contributed by atoms with Crippen molar-refractivity contribution in [1.82, 2.24) is 0 Å². The molecule has 2 heterocycles. The van der Waals surface area contributed by atoms with Crippen molar-refractivity contribution in [1.29, 1.82) is 0 Å². The molecule has 4 bridgehead atoms. The number of hydrogen-bond donors (Lipinski definition) is 0. The summed E-state index contributed by atoms with van der Waals surface area (Å²) in [6.07, 6.45) is 11.4. The minimum Gasteiger partial charge on any atom is -0.362 e. The largest absolute Gasteiger partial charge is 0.362 e. The van der Waals surface area contributed by atoms with Gasteiger partial charge in [-0.2, -0.15) is 0 Å². The Labute approximate surface area is 101 Å². The number of hydrogen-bond acceptors (Lipinski definition) is 2. The van der Waals surface area contributed by atoms with Crippen LogP contribution in [0.25, 0.3) is 0 Å². The number of carbonyl (C=O) groups is 1. The summed E-state index contributed by atoms with van der Waals surface area (Å²) >= 11 is 0. The fourth-order valence-corrected chi connectivity index (χ4v) is 5.64. The molecule has 5 rings (SSSR count). The van der Waals surface area contributed by atoms with Gasteiger partial charge < -0.3 is 4.74 Å². The SMILES string of the molecule is O=C1C=C[C@@H]2O[C@H]1[C@H]1[C@H]3C[C@H]([C@H]4CC=C[C@H]43)[C@H]12. The zero-order valence-corrected chi connectivity index (χ0v) is 9.66. The maximum absolute atomic E-state index is 11.9. The summed E-state index contributed by atoms with van der Waals surface area (Å²) < 4.78 is 5.96. The topological polar surface area (TPSA) is 26.3 Å². The molecule has 8 atom stereocenters. The van der Waals surface area contributed by atoms with Gasteiger partial charge in [0.05, 0.1) is 6.10 Å². The minimum absolute atomic E-state index is 0.0973. The van der Waals surface area contributed by atoms with Crippen molar-refractivity contribution in [3.63, 3.8) is 0 Å². The number of rotatable bonds is 0. The van der Waals surface area contributed by atoms with E-state index >= 15 is 0 Å². The van der Waals surface area contributed by atoms with Gasteiger partial charge in [0, 0.05) is 5.92 Å². The van der Waals surface area contributed by atoms with Crippen molar-refractivity contribution in [2.24, 2.45) is 35.5 Å². The predicted octanol–water partition coefficient (Wildman–Crippen LogP) is 1.97. The molecule has 0 aromatic rings. The normalized spacial score (nSPS) is 61.1. The molecule has 1 saturated heterocycles. The lowest BCUT2D eigenvalue weighted by atomic mass is 9.67. The van der Waals surface area contributed by atoms with E-state index in [0.29, 0.717) is 11.8 Å². The molecule has 2 saturated carbocycles. The van der Waals surface area contributed by atoms with Gasteiger partial charge >= 0.3 is 0 Å². The van der Waals surface area contributed by atoms with Crippen LogP contribution in [-0.2, 0) is 9.53 Å². The molecule has 2 aliphatic heterocycles. The van der Waals surface area contributed by atoms with Gasteiger partial charge in [0.1, 0.15) is 6.10 Å². The van der Waals surface area contributed by atoms with E-state index in [1.807, 2.05) is 6.08 Å². The van der Waals surface area contributed by atoms with Gasteiger partial charge in [-0.15, -0.1) is 0 Å². The lowest BCUT2D eigenvalue weighted by Crippen LogP contribution is -2.37. The first-order chi connectivity index (χ1) is 8.34. The van der Waals surface area contributed by atoms with Gasteiger partial charge in [0.25, 0.3) is 0 Å². The quantitative estimate of drug-likeness (QED) is 0.592. The maximum Gasteiger partial charge on any atom is 0.184 e. The molecule has 0 aromatic carbocycles. The first kappa shape index (κ1) is 9.09. The van der Waals surface area contributed by atoms with Gasteiger partial charge in [0.2, 0.25) is 0 Å². The standard InChI is InChI=1S/C15H16O2/c16-11-4-5-12-13-9-6-10(14(13)15(11)17-12)8-3-1-2-7(8)9/h1,3-5,7-10,12-15H,2,6H2/t7-,8+,9+,10-,12-,13-,14-,15+/m0/s1. The summed E-state index contributed by atoms with van der Waals surface area (Å²) in [6.45, 7) is 0. The summed E-state index contributed by atoms with van der Waals surface area (Å²) in [5, 5.41) is 0. The zero-order valence-electron chi connectivity index (χ0n) is 9.66. The van der Waals surface area contributed by atoms with E-state index in [9.17, 15) is 4.79 Å². The van der Waals surface area contributed by atoms with E-state index in [0.717, 1.165) is 23.7 Å². The van der Waals surface area contributed by atoms with E-state index in [2.05, 4.69) is 12.2 Å². The van der Waals surface area contributed by atoms with Crippen LogP contribution in [0.1, 0.15) is 12.8 Å². The fraction of sp³-hybridized carbons (Fsp3) is 0.667. The summed E-state index contributed by atoms with van der Waals surface area (Å²) in [6, 6.07) is 0. The molecule has 2 nitrogen and oxygen atoms in total. The van der Waals surface area contributed by atoms with Crippen LogP contribution in [0.15, 0.2) is 24.3 Å². The van der Waals surface area contributed by atoms with E-state index in [-0.39, 0.29) is 18.0 Å². The van der Waals surface area contributed by atoms with Crippen molar-refractivity contribution >= 4 is 5.78 Å². The highest BCUT2D eigenvalue weighted by Gasteiger charge is 2.66. The Bertz CT molecular complexity index is 464. The average Bonchev–Trinajstić information content (AvgIpc) is 3.04. The van der Waals surface area contributed by atoms with Crippen LogP contribution in [-0.4, -0.2) is 18.0 Å². The van der Waals surface area contributed by atoms with Gasteiger partial charge in [-0.05, 0) is 48.5 Å². The van der Waals surface area contributed by atoms with Crippen molar-refractivity contribution < 1.29 is 9.53 Å². The monoisotopic (exact) mass is 228 g/mol. The summed E-state index contributed by atoms with van der Waals surface area (Å²) in [4.78, 5) is 11.9. The van der Waals surface area contributed by atoms with Crippen LogP contribution in [0.5, 0.6) is 0 Å². The third kappa shape index (κ3) is 0.887. The molecule has 17 heavy (non-hydrogen) atoms. The zero-order chi connectivity index (χ0) is 11.1. The molecule has 5 aliphatic rings. The smallest absolute Gasteiger partial charge is 0.184 e. The molecule has 2 heteroatoms. The predicted molar refractivity (Wildman–Crippen MR) is 62.1 cm³/mol. The van der Waals surface area contributed by atoms with Crippen LogP contribution in [0.4, 0.5) is 0 Å². The molecule has 3 fully saturated rings. The Balaban J connectivity index is 1.62. The third-order valence-corrected chi connectivity index (χ3v) is 6.05. The highest BCUT2D eigenvalue weighted by Crippen LogP contribution is 2.66. The second kappa shape index (κ2) is 2.74. The van der Waals surface area contributed by atoms with E-state index < -0.39 is 0 Å². The van der Waals surface area contributed by atoms with Crippen molar-refractivity contribution in [3.05, 3.63) is 24.3 Å². The first-order valence-electron chi connectivity index (χ1n) is 6.89. The number of ether oxygens (including phenoxy) is 1. The third-order valence-electron chi connectivity index (χ3n) is 6.05. The molecule has 0 spiro atoms. The number of fused-ring (bicyclic) bond motifs is 12.